The van der Waals surface area contributed by atoms with E-state index in [-0.39, 0.29) is 29.1 Å². The Morgan fingerprint density at radius 2 is 1.85 bits per heavy atom. The zero-order chi connectivity index (χ0) is 18.4. The number of methoxy groups -OCH3 is 2. The molecule has 26 heavy (non-hydrogen) atoms. The largest absolute Gasteiger partial charge is 0.493 e. The molecule has 8 nitrogen and oxygen atoms in total. The summed E-state index contributed by atoms with van der Waals surface area (Å²) in [6.45, 7) is 1.43. The first-order chi connectivity index (χ1) is 11.9. The number of amides is 1. The molecule has 1 aromatic rings. The molecule has 0 radical (unpaired) electrons. The number of benzene rings is 1. The van der Waals surface area contributed by atoms with E-state index >= 15 is 0 Å². The fourth-order valence-corrected chi connectivity index (χ4v) is 4.31. The standard InChI is InChI=1S/C16H25N3O5S.ClH/c1-23-14-4-3-13(11-15(14)24-2)25(21,22)19-9-5-12(6-10-19)16(20)18-8-7-17;/h3-4,11-12H,5-10,17H2,1-2H3,(H,18,20);1H. The van der Waals surface area contributed by atoms with Gasteiger partial charge in [0.2, 0.25) is 15.9 Å². The van der Waals surface area contributed by atoms with Crippen LogP contribution in [-0.2, 0) is 14.8 Å². The molecular weight excluding hydrogens is 382 g/mol. The zero-order valence-corrected chi connectivity index (χ0v) is 16.6. The van der Waals surface area contributed by atoms with Gasteiger partial charge in [0.15, 0.2) is 11.5 Å². The minimum absolute atomic E-state index is 0. The van der Waals surface area contributed by atoms with E-state index in [4.69, 9.17) is 15.2 Å². The van der Waals surface area contributed by atoms with Gasteiger partial charge in [0.1, 0.15) is 0 Å². The van der Waals surface area contributed by atoms with Crippen LogP contribution in [0, 0.1) is 5.92 Å². The van der Waals surface area contributed by atoms with Crippen LogP contribution in [0.4, 0.5) is 0 Å². The Bertz CT molecular complexity index is 706. The highest BCUT2D eigenvalue weighted by Gasteiger charge is 2.32. The predicted octanol–water partition coefficient (Wildman–Crippen LogP) is 0.601. The summed E-state index contributed by atoms with van der Waals surface area (Å²) in [5.74, 6) is 0.591. The van der Waals surface area contributed by atoms with Crippen LogP contribution in [0.2, 0.25) is 0 Å². The van der Waals surface area contributed by atoms with Crippen molar-refractivity contribution < 1.29 is 22.7 Å². The minimum atomic E-state index is -3.64. The summed E-state index contributed by atoms with van der Waals surface area (Å²) in [5, 5.41) is 2.75. The van der Waals surface area contributed by atoms with Crippen molar-refractivity contribution in [3.8, 4) is 11.5 Å². The number of nitrogens with one attached hydrogen (secondary N) is 1. The molecule has 0 spiro atoms. The molecule has 1 aliphatic rings. The number of hydrogen-bond donors (Lipinski definition) is 2. The van der Waals surface area contributed by atoms with Crippen molar-refractivity contribution in [3.05, 3.63) is 18.2 Å². The lowest BCUT2D eigenvalue weighted by atomic mass is 9.97. The van der Waals surface area contributed by atoms with Crippen LogP contribution in [0.5, 0.6) is 11.5 Å². The topological polar surface area (TPSA) is 111 Å². The van der Waals surface area contributed by atoms with Gasteiger partial charge in [0.25, 0.3) is 0 Å². The van der Waals surface area contributed by atoms with E-state index in [1.54, 1.807) is 6.07 Å². The maximum atomic E-state index is 12.8. The molecule has 1 aromatic carbocycles. The SMILES string of the molecule is COc1ccc(S(=O)(=O)N2CCC(C(=O)NCCN)CC2)cc1OC.Cl. The van der Waals surface area contributed by atoms with Crippen molar-refractivity contribution in [2.75, 3.05) is 40.4 Å². The van der Waals surface area contributed by atoms with Crippen LogP contribution >= 0.6 is 12.4 Å². The van der Waals surface area contributed by atoms with Crippen LogP contribution in [-0.4, -0.2) is 59.0 Å². The van der Waals surface area contributed by atoms with Crippen molar-refractivity contribution in [2.24, 2.45) is 11.7 Å². The van der Waals surface area contributed by atoms with E-state index < -0.39 is 10.0 Å². The number of nitrogens with two attached hydrogens (primary N) is 1. The number of rotatable bonds is 7. The molecule has 1 saturated heterocycles. The van der Waals surface area contributed by atoms with Gasteiger partial charge >= 0.3 is 0 Å². The third kappa shape index (κ3) is 5.00. The van der Waals surface area contributed by atoms with E-state index in [2.05, 4.69) is 5.32 Å². The molecule has 1 amide bonds. The van der Waals surface area contributed by atoms with Crippen LogP contribution in [0.25, 0.3) is 0 Å². The smallest absolute Gasteiger partial charge is 0.243 e. The number of hydrogen-bond acceptors (Lipinski definition) is 6. The van der Waals surface area contributed by atoms with E-state index in [9.17, 15) is 13.2 Å². The van der Waals surface area contributed by atoms with Crippen LogP contribution < -0.4 is 20.5 Å². The Morgan fingerprint density at radius 3 is 2.38 bits per heavy atom. The molecule has 0 bridgehead atoms. The molecule has 0 aromatic heterocycles. The number of ether oxygens (including phenoxy) is 2. The second-order valence-corrected chi connectivity index (χ2v) is 7.71. The molecule has 0 unspecified atom stereocenters. The Kier molecular flexibility index (Phi) is 8.61. The molecule has 1 heterocycles. The highest BCUT2D eigenvalue weighted by atomic mass is 35.5. The van der Waals surface area contributed by atoms with Crippen LogP contribution in [0.1, 0.15) is 12.8 Å². The van der Waals surface area contributed by atoms with Gasteiger partial charge in [-0.15, -0.1) is 12.4 Å². The number of carbonyl (C=O) groups is 1. The lowest BCUT2D eigenvalue weighted by Gasteiger charge is -2.30. The number of nitrogens with zero attached hydrogens (tertiary/aromatic N) is 1. The number of sulfonamides is 1. The second kappa shape index (κ2) is 9.96. The average Bonchev–Trinajstić information content (AvgIpc) is 2.65. The first-order valence-electron chi connectivity index (χ1n) is 8.14. The monoisotopic (exact) mass is 407 g/mol. The third-order valence-electron chi connectivity index (χ3n) is 4.26. The molecule has 0 aliphatic carbocycles. The van der Waals surface area contributed by atoms with Crippen molar-refractivity contribution in [2.45, 2.75) is 17.7 Å². The summed E-state index contributed by atoms with van der Waals surface area (Å²) in [6, 6.07) is 4.52. The molecule has 3 N–H and O–H groups in total. The Labute approximate surface area is 160 Å². The van der Waals surface area contributed by atoms with Gasteiger partial charge in [-0.3, -0.25) is 4.79 Å². The van der Waals surface area contributed by atoms with Gasteiger partial charge in [-0.1, -0.05) is 0 Å². The first kappa shape index (κ1) is 22.5. The van der Waals surface area contributed by atoms with Gasteiger partial charge in [-0.05, 0) is 25.0 Å². The number of halogens is 1. The van der Waals surface area contributed by atoms with Crippen molar-refractivity contribution >= 4 is 28.3 Å². The highest BCUT2D eigenvalue weighted by Crippen LogP contribution is 2.31. The van der Waals surface area contributed by atoms with Gasteiger partial charge in [-0.2, -0.15) is 4.31 Å². The second-order valence-electron chi connectivity index (χ2n) is 5.77. The quantitative estimate of drug-likeness (QED) is 0.684. The highest BCUT2D eigenvalue weighted by molar-refractivity contribution is 7.89. The van der Waals surface area contributed by atoms with E-state index in [1.807, 2.05) is 0 Å². The van der Waals surface area contributed by atoms with Gasteiger partial charge in [-0.25, -0.2) is 8.42 Å². The van der Waals surface area contributed by atoms with Gasteiger partial charge < -0.3 is 20.5 Å². The molecule has 1 fully saturated rings. The van der Waals surface area contributed by atoms with E-state index in [0.717, 1.165) is 0 Å². The fraction of sp³-hybridized carbons (Fsp3) is 0.562. The lowest BCUT2D eigenvalue weighted by Crippen LogP contribution is -2.43. The van der Waals surface area contributed by atoms with Crippen molar-refractivity contribution in [1.29, 1.82) is 0 Å². The lowest BCUT2D eigenvalue weighted by molar-refractivity contribution is -0.126. The molecule has 0 saturated carbocycles. The molecule has 0 atom stereocenters. The summed E-state index contributed by atoms with van der Waals surface area (Å²) >= 11 is 0. The zero-order valence-electron chi connectivity index (χ0n) is 14.9. The molecule has 2 rings (SSSR count). The van der Waals surface area contributed by atoms with Gasteiger partial charge in [0, 0.05) is 38.2 Å². The molecule has 1 aliphatic heterocycles. The summed E-state index contributed by atoms with van der Waals surface area (Å²) in [4.78, 5) is 12.1. The van der Waals surface area contributed by atoms with Crippen molar-refractivity contribution in [1.82, 2.24) is 9.62 Å². The molecule has 10 heteroatoms. The average molecular weight is 408 g/mol. The van der Waals surface area contributed by atoms with E-state index in [0.29, 0.717) is 50.5 Å². The third-order valence-corrected chi connectivity index (χ3v) is 6.16. The maximum absolute atomic E-state index is 12.8. The summed E-state index contributed by atoms with van der Waals surface area (Å²) in [6.07, 6.45) is 0.978. The van der Waals surface area contributed by atoms with Gasteiger partial charge in [0.05, 0.1) is 19.1 Å². The predicted molar refractivity (Wildman–Crippen MR) is 100 cm³/mol. The Morgan fingerprint density at radius 1 is 1.23 bits per heavy atom. The Hall–Kier alpha value is -1.55. The van der Waals surface area contributed by atoms with Crippen LogP contribution in [0.3, 0.4) is 0 Å². The van der Waals surface area contributed by atoms with E-state index in [1.165, 1.54) is 30.7 Å². The summed E-state index contributed by atoms with van der Waals surface area (Å²) in [7, 11) is -0.689. The van der Waals surface area contributed by atoms with Crippen LogP contribution in [0.15, 0.2) is 23.1 Å². The summed E-state index contributed by atoms with van der Waals surface area (Å²) < 4.78 is 37.3. The fourth-order valence-electron chi connectivity index (χ4n) is 2.82. The normalized spacial score (nSPS) is 15.8. The molecule has 148 valence electrons. The minimum Gasteiger partial charge on any atom is -0.493 e. The maximum Gasteiger partial charge on any atom is 0.243 e. The van der Waals surface area contributed by atoms with Crippen molar-refractivity contribution in [3.63, 3.8) is 0 Å². The summed E-state index contributed by atoms with van der Waals surface area (Å²) in [5.41, 5.74) is 5.37. The first-order valence-corrected chi connectivity index (χ1v) is 9.58. The Balaban J connectivity index is 0.00000338. The molecular formula is C16H26ClN3O5S. The number of carbonyl (C=O) groups excluding carboxylic acids is 1. The number of piperidine rings is 1.